The Morgan fingerprint density at radius 2 is 2.22 bits per heavy atom. The zero-order chi connectivity index (χ0) is 12.8. The van der Waals surface area contributed by atoms with Gasteiger partial charge in [0.05, 0.1) is 6.54 Å². The number of hydrogen-bond acceptors (Lipinski definition) is 5. The number of nitrogens with zero attached hydrogens (tertiary/aromatic N) is 1. The molecule has 18 heavy (non-hydrogen) atoms. The van der Waals surface area contributed by atoms with E-state index in [9.17, 15) is 4.79 Å². The smallest absolute Gasteiger partial charge is 0.407 e. The normalized spacial score (nSPS) is 11.7. The average Bonchev–Trinajstić information content (AvgIpc) is 2.78. The number of nitrogens with one attached hydrogen (secondary N) is 1. The maximum Gasteiger partial charge on any atom is 0.407 e. The van der Waals surface area contributed by atoms with Crippen LogP contribution >= 0.6 is 20.7 Å². The van der Waals surface area contributed by atoms with Crippen LogP contribution in [0.5, 0.6) is 0 Å². The molecule has 1 heterocycles. The molecule has 1 N–H and O–H groups in total. The molecule has 96 valence electrons. The molecule has 0 spiro atoms. The van der Waals surface area contributed by atoms with Crippen LogP contribution in [0.2, 0.25) is 0 Å². The van der Waals surface area contributed by atoms with Crippen LogP contribution < -0.4 is 9.99 Å². The second-order valence-corrected chi connectivity index (χ2v) is 5.68. The van der Waals surface area contributed by atoms with E-state index in [0.29, 0.717) is 19.7 Å². The Balaban J connectivity index is 1.95. The summed E-state index contributed by atoms with van der Waals surface area (Å²) in [5, 5.41) is 3.74. The first kappa shape index (κ1) is 13.0. The molecule has 0 fully saturated rings. The van der Waals surface area contributed by atoms with Crippen molar-refractivity contribution in [3.63, 3.8) is 0 Å². The number of alkyl carbamates (subject to hydrolysis) is 1. The van der Waals surface area contributed by atoms with Crippen LogP contribution in [-0.4, -0.2) is 25.8 Å². The standard InChI is InChI=1S/C12H14N2O2S2/c1-2-13-12(15)16-8-7-14-11-9-5-3-4-6-10(9)17-18-11/h3-6H,2,7-8H2,1H3,(H,13,15). The molecule has 0 atom stereocenters. The van der Waals surface area contributed by atoms with Crippen LogP contribution in [0.25, 0.3) is 10.1 Å². The summed E-state index contributed by atoms with van der Waals surface area (Å²) >= 11 is 0. The average molecular weight is 282 g/mol. The quantitative estimate of drug-likeness (QED) is 0.692. The SMILES string of the molecule is CCNC(=O)OCCN=c1ssc2ccccc12. The molecule has 6 heteroatoms. The van der Waals surface area contributed by atoms with Gasteiger partial charge in [0.25, 0.3) is 0 Å². The van der Waals surface area contributed by atoms with Gasteiger partial charge in [-0.25, -0.2) is 4.79 Å². The predicted octanol–water partition coefficient (Wildman–Crippen LogP) is 2.61. The van der Waals surface area contributed by atoms with E-state index < -0.39 is 0 Å². The van der Waals surface area contributed by atoms with Gasteiger partial charge < -0.3 is 10.1 Å². The highest BCUT2D eigenvalue weighted by molar-refractivity contribution is 7.71. The minimum Gasteiger partial charge on any atom is -0.448 e. The largest absolute Gasteiger partial charge is 0.448 e. The van der Waals surface area contributed by atoms with Crippen LogP contribution in [0.1, 0.15) is 6.92 Å². The zero-order valence-electron chi connectivity index (χ0n) is 10.0. The van der Waals surface area contributed by atoms with E-state index in [-0.39, 0.29) is 6.09 Å². The van der Waals surface area contributed by atoms with Crippen molar-refractivity contribution in [2.75, 3.05) is 19.7 Å². The Kier molecular flexibility index (Phi) is 4.72. The summed E-state index contributed by atoms with van der Waals surface area (Å²) in [6, 6.07) is 8.17. The molecule has 1 aromatic heterocycles. The third-order valence-electron chi connectivity index (χ3n) is 2.23. The Hall–Kier alpha value is -1.40. The van der Waals surface area contributed by atoms with Crippen molar-refractivity contribution in [2.24, 2.45) is 4.99 Å². The predicted molar refractivity (Wildman–Crippen MR) is 75.2 cm³/mol. The van der Waals surface area contributed by atoms with Crippen LogP contribution in [0.15, 0.2) is 29.3 Å². The fourth-order valence-corrected chi connectivity index (χ4v) is 3.84. The molecule has 0 saturated carbocycles. The fraction of sp³-hybridized carbons (Fsp3) is 0.333. The molecule has 4 nitrogen and oxygen atoms in total. The summed E-state index contributed by atoms with van der Waals surface area (Å²) in [4.78, 5) is 15.5. The Labute approximate surface area is 112 Å². The number of fused-ring (bicyclic) bond motifs is 1. The molecule has 1 amide bonds. The zero-order valence-corrected chi connectivity index (χ0v) is 11.6. The second kappa shape index (κ2) is 6.51. The van der Waals surface area contributed by atoms with Crippen molar-refractivity contribution in [1.29, 1.82) is 0 Å². The van der Waals surface area contributed by atoms with Gasteiger partial charge in [-0.05, 0) is 13.0 Å². The van der Waals surface area contributed by atoms with Gasteiger partial charge in [0.15, 0.2) is 0 Å². The fourth-order valence-electron chi connectivity index (χ4n) is 1.44. The van der Waals surface area contributed by atoms with Crippen molar-refractivity contribution in [1.82, 2.24) is 5.32 Å². The van der Waals surface area contributed by atoms with Gasteiger partial charge in [-0.1, -0.05) is 38.9 Å². The number of hydrogen-bond donors (Lipinski definition) is 1. The number of amides is 1. The third-order valence-corrected chi connectivity index (χ3v) is 4.62. The Morgan fingerprint density at radius 3 is 3.06 bits per heavy atom. The number of carbonyl (C=O) groups excluding carboxylic acids is 1. The van der Waals surface area contributed by atoms with Crippen LogP contribution in [0, 0.1) is 0 Å². The number of benzene rings is 1. The first-order chi connectivity index (χ1) is 8.81. The molecule has 2 rings (SSSR count). The van der Waals surface area contributed by atoms with Crippen molar-refractivity contribution in [3.05, 3.63) is 28.9 Å². The molecular formula is C12H14N2O2S2. The molecule has 1 aromatic carbocycles. The molecule has 0 aliphatic heterocycles. The van der Waals surface area contributed by atoms with Gasteiger partial charge in [0.2, 0.25) is 0 Å². The van der Waals surface area contributed by atoms with Gasteiger partial charge in [-0.15, -0.1) is 0 Å². The first-order valence-corrected chi connectivity index (χ1v) is 7.85. The van der Waals surface area contributed by atoms with Gasteiger partial charge >= 0.3 is 6.09 Å². The van der Waals surface area contributed by atoms with Gasteiger partial charge in [-0.3, -0.25) is 4.99 Å². The number of ether oxygens (including phenoxy) is 1. The lowest BCUT2D eigenvalue weighted by Crippen LogP contribution is -2.24. The van der Waals surface area contributed by atoms with Crippen molar-refractivity contribution in [2.45, 2.75) is 6.92 Å². The molecule has 0 aliphatic rings. The monoisotopic (exact) mass is 282 g/mol. The van der Waals surface area contributed by atoms with Gasteiger partial charge in [0.1, 0.15) is 11.3 Å². The van der Waals surface area contributed by atoms with Gasteiger partial charge in [0, 0.05) is 16.6 Å². The summed E-state index contributed by atoms with van der Waals surface area (Å²) < 4.78 is 7.21. The van der Waals surface area contributed by atoms with Crippen LogP contribution in [0.4, 0.5) is 4.79 Å². The van der Waals surface area contributed by atoms with E-state index in [2.05, 4.69) is 22.4 Å². The van der Waals surface area contributed by atoms with E-state index in [1.165, 1.54) is 10.1 Å². The maximum atomic E-state index is 11.0. The van der Waals surface area contributed by atoms with E-state index >= 15 is 0 Å². The summed E-state index contributed by atoms with van der Waals surface area (Å²) in [6.07, 6.45) is -0.383. The molecule has 0 radical (unpaired) electrons. The first-order valence-electron chi connectivity index (χ1n) is 5.70. The molecule has 2 aromatic rings. The van der Waals surface area contributed by atoms with E-state index in [4.69, 9.17) is 4.74 Å². The lowest BCUT2D eigenvalue weighted by Gasteiger charge is -2.02. The highest BCUT2D eigenvalue weighted by Gasteiger charge is 1.99. The van der Waals surface area contributed by atoms with Crippen LogP contribution in [0.3, 0.4) is 0 Å². The summed E-state index contributed by atoms with van der Waals surface area (Å²) in [6.45, 7) is 3.23. The van der Waals surface area contributed by atoms with E-state index in [1.807, 2.05) is 19.1 Å². The second-order valence-electron chi connectivity index (χ2n) is 3.52. The highest BCUT2D eigenvalue weighted by Crippen LogP contribution is 2.19. The lowest BCUT2D eigenvalue weighted by atomic mass is 10.3. The molecule has 0 bridgehead atoms. The van der Waals surface area contributed by atoms with Crippen molar-refractivity contribution < 1.29 is 9.53 Å². The Morgan fingerprint density at radius 1 is 1.39 bits per heavy atom. The number of carbonyl (C=O) groups is 1. The third kappa shape index (κ3) is 3.30. The Bertz CT molecular complexity index is 589. The molecule has 0 unspecified atom stereocenters. The summed E-state index contributed by atoms with van der Waals surface area (Å²) in [5.41, 5.74) is 0. The lowest BCUT2D eigenvalue weighted by molar-refractivity contribution is 0.150. The maximum absolute atomic E-state index is 11.0. The molecule has 0 aliphatic carbocycles. The van der Waals surface area contributed by atoms with Crippen molar-refractivity contribution >= 4 is 36.9 Å². The van der Waals surface area contributed by atoms with Crippen LogP contribution in [-0.2, 0) is 4.74 Å². The molecular weight excluding hydrogens is 268 g/mol. The van der Waals surface area contributed by atoms with E-state index in [1.54, 1.807) is 20.7 Å². The van der Waals surface area contributed by atoms with E-state index in [0.717, 1.165) is 4.67 Å². The minimum atomic E-state index is -0.383. The van der Waals surface area contributed by atoms with Gasteiger partial charge in [-0.2, -0.15) is 0 Å². The topological polar surface area (TPSA) is 50.7 Å². The minimum absolute atomic E-state index is 0.308. The number of rotatable bonds is 4. The highest BCUT2D eigenvalue weighted by atomic mass is 32.9. The summed E-state index contributed by atoms with van der Waals surface area (Å²) in [5.74, 6) is 0. The van der Waals surface area contributed by atoms with Crippen molar-refractivity contribution in [3.8, 4) is 0 Å². The molecule has 0 saturated heterocycles. The summed E-state index contributed by atoms with van der Waals surface area (Å²) in [7, 11) is 3.37.